The molecule has 2 amide bonds. The van der Waals surface area contributed by atoms with Gasteiger partial charge < -0.3 is 14.9 Å². The van der Waals surface area contributed by atoms with Crippen LogP contribution in [0.5, 0.6) is 0 Å². The number of β-amino-alcohol motifs (C(OH)–C–C–N with tert-alkyl or cyclic N) is 1. The monoisotopic (exact) mass is 349 g/mol. The Bertz CT molecular complexity index is 576. The minimum Gasteiger partial charge on any atom is -0.387 e. The van der Waals surface area contributed by atoms with Crippen LogP contribution in [0.4, 0.5) is 0 Å². The van der Waals surface area contributed by atoms with Crippen LogP contribution >= 0.6 is 11.8 Å². The lowest BCUT2D eigenvalue weighted by Gasteiger charge is -2.36. The number of amides is 2. The smallest absolute Gasteiger partial charge is 0.242 e. The summed E-state index contributed by atoms with van der Waals surface area (Å²) in [4.78, 5) is 29.5. The summed E-state index contributed by atoms with van der Waals surface area (Å²) in [5.74, 6) is 1.18. The summed E-state index contributed by atoms with van der Waals surface area (Å²) >= 11 is 1.55. The number of carbonyl (C=O) groups is 2. The Hall–Kier alpha value is -1.57. The topological polar surface area (TPSA) is 64.1 Å². The molecule has 2 aliphatic heterocycles. The van der Waals surface area contributed by atoms with E-state index in [2.05, 4.69) is 4.90 Å². The highest BCUT2D eigenvalue weighted by atomic mass is 32.2. The minimum atomic E-state index is -0.507. The lowest BCUT2D eigenvalue weighted by atomic mass is 10.1. The second kappa shape index (κ2) is 8.00. The maximum atomic E-state index is 12.3. The summed E-state index contributed by atoms with van der Waals surface area (Å²) < 4.78 is 0. The third-order valence-electron chi connectivity index (χ3n) is 4.49. The van der Waals surface area contributed by atoms with E-state index in [1.807, 2.05) is 35.2 Å². The predicted octanol–water partition coefficient (Wildman–Crippen LogP) is 0.397. The Morgan fingerprint density at radius 3 is 2.50 bits per heavy atom. The van der Waals surface area contributed by atoms with Crippen LogP contribution in [0.1, 0.15) is 11.7 Å². The van der Waals surface area contributed by atoms with Gasteiger partial charge in [-0.25, -0.2) is 0 Å². The van der Waals surface area contributed by atoms with Gasteiger partial charge in [-0.05, 0) is 5.56 Å². The molecular formula is C17H23N3O3S. The summed E-state index contributed by atoms with van der Waals surface area (Å²) in [5.41, 5.74) is 0.918. The molecule has 0 spiro atoms. The molecule has 2 heterocycles. The number of aliphatic hydroxyl groups is 1. The van der Waals surface area contributed by atoms with Gasteiger partial charge in [-0.15, -0.1) is 11.8 Å². The molecule has 0 aromatic heterocycles. The highest BCUT2D eigenvalue weighted by Crippen LogP contribution is 2.17. The number of thioether (sulfide) groups is 1. The standard InChI is InChI=1S/C17H23N3O3S/c21-15(14-4-2-1-3-5-14)10-18-6-8-19(9-7-18)16(22)11-20-13-24-12-17(20)23/h1-5,15,21H,6-13H2. The fraction of sp³-hybridized carbons (Fsp3) is 0.529. The van der Waals surface area contributed by atoms with E-state index in [9.17, 15) is 14.7 Å². The molecule has 24 heavy (non-hydrogen) atoms. The van der Waals surface area contributed by atoms with Crippen LogP contribution in [0.3, 0.4) is 0 Å². The zero-order chi connectivity index (χ0) is 16.9. The summed E-state index contributed by atoms with van der Waals surface area (Å²) in [5, 5.41) is 10.3. The van der Waals surface area contributed by atoms with Gasteiger partial charge in [0.1, 0.15) is 6.54 Å². The average Bonchev–Trinajstić information content (AvgIpc) is 3.01. The molecule has 2 aliphatic rings. The average molecular weight is 349 g/mol. The Morgan fingerprint density at radius 1 is 1.17 bits per heavy atom. The molecule has 130 valence electrons. The molecular weight excluding hydrogens is 326 g/mol. The molecule has 1 N–H and O–H groups in total. The van der Waals surface area contributed by atoms with E-state index >= 15 is 0 Å². The van der Waals surface area contributed by atoms with Gasteiger partial charge in [-0.3, -0.25) is 14.5 Å². The van der Waals surface area contributed by atoms with Crippen molar-refractivity contribution in [1.82, 2.24) is 14.7 Å². The van der Waals surface area contributed by atoms with Crippen molar-refractivity contribution in [2.75, 3.05) is 50.9 Å². The van der Waals surface area contributed by atoms with Gasteiger partial charge in [-0.1, -0.05) is 30.3 Å². The Labute approximate surface area is 146 Å². The summed E-state index contributed by atoms with van der Waals surface area (Å²) in [7, 11) is 0. The van der Waals surface area contributed by atoms with Crippen molar-refractivity contribution in [3.05, 3.63) is 35.9 Å². The number of rotatable bonds is 5. The first kappa shape index (κ1) is 17.3. The summed E-state index contributed by atoms with van der Waals surface area (Å²) in [6.45, 7) is 3.56. The number of hydrogen-bond donors (Lipinski definition) is 1. The van der Waals surface area contributed by atoms with Crippen molar-refractivity contribution < 1.29 is 14.7 Å². The second-order valence-corrected chi connectivity index (χ2v) is 7.13. The van der Waals surface area contributed by atoms with Crippen LogP contribution in [0.2, 0.25) is 0 Å². The SMILES string of the molecule is O=C(CN1CSCC1=O)N1CCN(CC(O)c2ccccc2)CC1. The third-order valence-corrected chi connectivity index (χ3v) is 5.44. The van der Waals surface area contributed by atoms with Crippen molar-refractivity contribution in [1.29, 1.82) is 0 Å². The number of piperazine rings is 1. The maximum Gasteiger partial charge on any atom is 0.242 e. The molecule has 2 saturated heterocycles. The number of hydrogen-bond acceptors (Lipinski definition) is 5. The van der Waals surface area contributed by atoms with Crippen molar-refractivity contribution in [2.45, 2.75) is 6.10 Å². The zero-order valence-electron chi connectivity index (χ0n) is 13.6. The fourth-order valence-electron chi connectivity index (χ4n) is 3.01. The van der Waals surface area contributed by atoms with Crippen molar-refractivity contribution >= 4 is 23.6 Å². The predicted molar refractivity (Wildman–Crippen MR) is 93.5 cm³/mol. The van der Waals surface area contributed by atoms with E-state index < -0.39 is 6.10 Å². The maximum absolute atomic E-state index is 12.3. The number of benzene rings is 1. The van der Waals surface area contributed by atoms with Crippen LogP contribution in [-0.2, 0) is 9.59 Å². The highest BCUT2D eigenvalue weighted by molar-refractivity contribution is 8.00. The van der Waals surface area contributed by atoms with Gasteiger partial charge in [-0.2, -0.15) is 0 Å². The van der Waals surface area contributed by atoms with E-state index in [1.165, 1.54) is 0 Å². The largest absolute Gasteiger partial charge is 0.387 e. The summed E-state index contributed by atoms with van der Waals surface area (Å²) in [6, 6.07) is 9.63. The molecule has 3 rings (SSSR count). The number of aliphatic hydroxyl groups excluding tert-OH is 1. The lowest BCUT2D eigenvalue weighted by molar-refractivity contribution is -0.139. The molecule has 1 atom stereocenters. The van der Waals surface area contributed by atoms with Gasteiger partial charge >= 0.3 is 0 Å². The zero-order valence-corrected chi connectivity index (χ0v) is 14.5. The Kier molecular flexibility index (Phi) is 5.76. The highest BCUT2D eigenvalue weighted by Gasteiger charge is 2.27. The molecule has 0 radical (unpaired) electrons. The Morgan fingerprint density at radius 2 is 1.88 bits per heavy atom. The molecule has 6 nitrogen and oxygen atoms in total. The molecule has 0 aliphatic carbocycles. The van der Waals surface area contributed by atoms with Crippen molar-refractivity contribution in [3.8, 4) is 0 Å². The molecule has 2 fully saturated rings. The van der Waals surface area contributed by atoms with Crippen molar-refractivity contribution in [3.63, 3.8) is 0 Å². The van der Waals surface area contributed by atoms with E-state index in [-0.39, 0.29) is 18.4 Å². The number of nitrogens with zero attached hydrogens (tertiary/aromatic N) is 3. The minimum absolute atomic E-state index is 0.0223. The molecule has 7 heteroatoms. The lowest BCUT2D eigenvalue weighted by Crippen LogP contribution is -2.52. The van der Waals surface area contributed by atoms with Gasteiger partial charge in [0, 0.05) is 32.7 Å². The second-order valence-electron chi connectivity index (χ2n) is 6.18. The first-order chi connectivity index (χ1) is 11.6. The number of carbonyl (C=O) groups excluding carboxylic acids is 2. The third kappa shape index (κ3) is 4.28. The van der Waals surface area contributed by atoms with E-state index in [0.717, 1.165) is 18.7 Å². The summed E-state index contributed by atoms with van der Waals surface area (Å²) in [6.07, 6.45) is -0.507. The van der Waals surface area contributed by atoms with Crippen molar-refractivity contribution in [2.24, 2.45) is 0 Å². The molecule has 0 bridgehead atoms. The molecule has 1 unspecified atom stereocenters. The van der Waals surface area contributed by atoms with Crippen LogP contribution < -0.4 is 0 Å². The van der Waals surface area contributed by atoms with Gasteiger partial charge in [0.15, 0.2) is 0 Å². The fourth-order valence-corrected chi connectivity index (χ4v) is 3.91. The van der Waals surface area contributed by atoms with E-state index in [0.29, 0.717) is 31.3 Å². The normalized spacial score (nSPS) is 20.5. The Balaban J connectivity index is 1.43. The molecule has 1 aromatic rings. The van der Waals surface area contributed by atoms with E-state index in [1.54, 1.807) is 16.7 Å². The van der Waals surface area contributed by atoms with E-state index in [4.69, 9.17) is 0 Å². The first-order valence-electron chi connectivity index (χ1n) is 8.22. The van der Waals surface area contributed by atoms with Crippen LogP contribution in [-0.4, -0.2) is 82.5 Å². The van der Waals surface area contributed by atoms with Crippen LogP contribution in [0.15, 0.2) is 30.3 Å². The van der Waals surface area contributed by atoms with Crippen LogP contribution in [0, 0.1) is 0 Å². The molecule has 1 aromatic carbocycles. The van der Waals surface area contributed by atoms with Gasteiger partial charge in [0.2, 0.25) is 11.8 Å². The van der Waals surface area contributed by atoms with Gasteiger partial charge in [0.25, 0.3) is 0 Å². The quantitative estimate of drug-likeness (QED) is 0.834. The first-order valence-corrected chi connectivity index (χ1v) is 9.37. The van der Waals surface area contributed by atoms with Gasteiger partial charge in [0.05, 0.1) is 17.7 Å². The van der Waals surface area contributed by atoms with Crippen LogP contribution in [0.25, 0.3) is 0 Å². The molecule has 0 saturated carbocycles.